The van der Waals surface area contributed by atoms with E-state index in [-0.39, 0.29) is 6.10 Å². The Morgan fingerprint density at radius 2 is 2.16 bits per heavy atom. The molecule has 1 aliphatic rings. The van der Waals surface area contributed by atoms with Crippen molar-refractivity contribution in [3.8, 4) is 23.1 Å². The van der Waals surface area contributed by atoms with Crippen LogP contribution in [0.25, 0.3) is 11.3 Å². The molecule has 0 saturated carbocycles. The summed E-state index contributed by atoms with van der Waals surface area (Å²) in [6.07, 6.45) is 6.99. The molecular weight excluding hydrogens is 396 g/mol. The van der Waals surface area contributed by atoms with Gasteiger partial charge in [-0.05, 0) is 24.3 Å². The molecule has 9 nitrogen and oxygen atoms in total. The number of ether oxygens (including phenoxy) is 3. The van der Waals surface area contributed by atoms with Crippen LogP contribution < -0.4 is 10.1 Å². The van der Waals surface area contributed by atoms with Crippen LogP contribution in [0.4, 0.5) is 11.6 Å². The van der Waals surface area contributed by atoms with Crippen molar-refractivity contribution in [1.82, 2.24) is 19.7 Å². The molecule has 0 bridgehead atoms. The van der Waals surface area contributed by atoms with Crippen LogP contribution in [0.1, 0.15) is 18.4 Å². The Morgan fingerprint density at radius 1 is 1.29 bits per heavy atom. The number of nitrogens with zero attached hydrogens (tertiary/aromatic N) is 5. The van der Waals surface area contributed by atoms with Crippen molar-refractivity contribution in [2.45, 2.75) is 25.5 Å². The largest absolute Gasteiger partial charge is 0.489 e. The van der Waals surface area contributed by atoms with Gasteiger partial charge in [-0.15, -0.1) is 0 Å². The van der Waals surface area contributed by atoms with Crippen molar-refractivity contribution in [2.75, 3.05) is 32.2 Å². The third kappa shape index (κ3) is 5.36. The fourth-order valence-electron chi connectivity index (χ4n) is 3.30. The maximum absolute atomic E-state index is 9.61. The summed E-state index contributed by atoms with van der Waals surface area (Å²) in [5, 5.41) is 17.0. The molecule has 0 spiro atoms. The van der Waals surface area contributed by atoms with E-state index >= 15 is 0 Å². The molecule has 3 aromatic rings. The molecule has 0 amide bonds. The van der Waals surface area contributed by atoms with Gasteiger partial charge in [-0.3, -0.25) is 4.68 Å². The highest BCUT2D eigenvalue weighted by molar-refractivity contribution is 5.65. The van der Waals surface area contributed by atoms with Crippen LogP contribution in [-0.2, 0) is 16.0 Å². The minimum absolute atomic E-state index is 0.0753. The molecule has 0 unspecified atom stereocenters. The summed E-state index contributed by atoms with van der Waals surface area (Å²) in [7, 11) is 1.66. The first-order valence-electron chi connectivity index (χ1n) is 10.2. The molecule has 0 atom stereocenters. The highest BCUT2D eigenvalue weighted by Crippen LogP contribution is 2.28. The highest BCUT2D eigenvalue weighted by atomic mass is 16.5. The summed E-state index contributed by atoms with van der Waals surface area (Å²) >= 11 is 0. The van der Waals surface area contributed by atoms with Gasteiger partial charge in [-0.2, -0.15) is 10.4 Å². The Kier molecular flexibility index (Phi) is 6.72. The highest BCUT2D eigenvalue weighted by Gasteiger charge is 2.17. The molecule has 9 heteroatoms. The molecule has 1 aliphatic heterocycles. The van der Waals surface area contributed by atoms with Crippen LogP contribution in [0, 0.1) is 11.3 Å². The van der Waals surface area contributed by atoms with Gasteiger partial charge < -0.3 is 19.5 Å². The second kappa shape index (κ2) is 10.0. The zero-order valence-corrected chi connectivity index (χ0v) is 17.3. The number of hydrogen-bond acceptors (Lipinski definition) is 8. The zero-order valence-electron chi connectivity index (χ0n) is 17.3. The van der Waals surface area contributed by atoms with Crippen molar-refractivity contribution in [3.05, 3.63) is 48.4 Å². The van der Waals surface area contributed by atoms with E-state index in [4.69, 9.17) is 14.2 Å². The predicted octanol–water partition coefficient (Wildman–Crippen LogP) is 3.16. The van der Waals surface area contributed by atoms with Crippen LogP contribution in [0.5, 0.6) is 5.75 Å². The number of nitriles is 1. The summed E-state index contributed by atoms with van der Waals surface area (Å²) in [4.78, 5) is 8.86. The number of benzene rings is 1. The van der Waals surface area contributed by atoms with Gasteiger partial charge in [0.2, 0.25) is 5.95 Å². The summed E-state index contributed by atoms with van der Waals surface area (Å²) in [6, 6.07) is 9.58. The van der Waals surface area contributed by atoms with E-state index < -0.39 is 0 Å². The lowest BCUT2D eigenvalue weighted by atomic mass is 10.1. The van der Waals surface area contributed by atoms with Gasteiger partial charge in [0.1, 0.15) is 17.9 Å². The van der Waals surface area contributed by atoms with Crippen LogP contribution in [0.3, 0.4) is 0 Å². The van der Waals surface area contributed by atoms with Crippen molar-refractivity contribution in [3.63, 3.8) is 0 Å². The molecule has 4 rings (SSSR count). The number of hydrogen-bond donors (Lipinski definition) is 1. The molecule has 1 fully saturated rings. The first-order valence-corrected chi connectivity index (χ1v) is 10.2. The van der Waals surface area contributed by atoms with Gasteiger partial charge in [0.05, 0.1) is 49.5 Å². The molecule has 31 heavy (non-hydrogen) atoms. The Labute approximate surface area is 180 Å². The van der Waals surface area contributed by atoms with Crippen LogP contribution >= 0.6 is 0 Å². The van der Waals surface area contributed by atoms with Crippen molar-refractivity contribution in [2.24, 2.45) is 0 Å². The van der Waals surface area contributed by atoms with Crippen LogP contribution in [0.2, 0.25) is 0 Å². The molecule has 0 radical (unpaired) electrons. The Bertz CT molecular complexity index is 1060. The molecule has 2 aromatic heterocycles. The summed E-state index contributed by atoms with van der Waals surface area (Å²) in [5.41, 5.74) is 2.79. The summed E-state index contributed by atoms with van der Waals surface area (Å²) in [5.74, 6) is 1.04. The van der Waals surface area contributed by atoms with Crippen LogP contribution in [-0.4, -0.2) is 52.8 Å². The number of nitrogens with one attached hydrogen (secondary N) is 1. The van der Waals surface area contributed by atoms with Crippen molar-refractivity contribution in [1.29, 1.82) is 5.26 Å². The van der Waals surface area contributed by atoms with Crippen molar-refractivity contribution >= 4 is 11.6 Å². The molecule has 0 aliphatic carbocycles. The number of aromatic nitrogens is 4. The third-order valence-corrected chi connectivity index (χ3v) is 4.93. The normalized spacial score (nSPS) is 14.2. The summed E-state index contributed by atoms with van der Waals surface area (Å²) in [6.45, 7) is 2.63. The van der Waals surface area contributed by atoms with Gasteiger partial charge in [-0.25, -0.2) is 9.97 Å². The molecular formula is C22H24N6O3. The standard InChI is InChI=1S/C22H24N6O3/c1-29-11-8-28-15-18(14-25-28)26-22-24-7-4-20(27-22)16-2-3-21(17(12-16)13-23)31-19-5-9-30-10-6-19/h2-4,7,12,14-15,19H,5-6,8-11H2,1H3,(H,24,26,27). The van der Waals surface area contributed by atoms with Gasteiger partial charge in [0.25, 0.3) is 0 Å². The molecule has 1 N–H and O–H groups in total. The average molecular weight is 420 g/mol. The average Bonchev–Trinajstić information content (AvgIpc) is 3.26. The second-order valence-electron chi connectivity index (χ2n) is 7.13. The number of rotatable bonds is 8. The first kappa shape index (κ1) is 20.8. The van der Waals surface area contributed by atoms with E-state index in [1.165, 1.54) is 0 Å². The molecule has 1 aromatic carbocycles. The van der Waals surface area contributed by atoms with E-state index in [0.29, 0.717) is 49.3 Å². The fraction of sp³-hybridized carbons (Fsp3) is 0.364. The minimum Gasteiger partial charge on any atom is -0.489 e. The SMILES string of the molecule is COCCn1cc(Nc2nccc(-c3ccc(OC4CCOCC4)c(C#N)c3)n2)cn1. The van der Waals surface area contributed by atoms with E-state index in [9.17, 15) is 5.26 Å². The second-order valence-corrected chi connectivity index (χ2v) is 7.13. The lowest BCUT2D eigenvalue weighted by molar-refractivity contribution is 0.0254. The van der Waals surface area contributed by atoms with Gasteiger partial charge in [0, 0.05) is 37.9 Å². The van der Waals surface area contributed by atoms with E-state index in [1.807, 2.05) is 24.4 Å². The van der Waals surface area contributed by atoms with Gasteiger partial charge >= 0.3 is 0 Å². The van der Waals surface area contributed by atoms with Crippen molar-refractivity contribution < 1.29 is 14.2 Å². The lowest BCUT2D eigenvalue weighted by Crippen LogP contribution is -2.26. The third-order valence-electron chi connectivity index (χ3n) is 4.93. The quantitative estimate of drug-likeness (QED) is 0.592. The van der Waals surface area contributed by atoms with Crippen LogP contribution in [0.15, 0.2) is 42.9 Å². The maximum Gasteiger partial charge on any atom is 0.227 e. The topological polar surface area (TPSA) is 107 Å². The number of anilines is 2. The summed E-state index contributed by atoms with van der Waals surface area (Å²) < 4.78 is 18.3. The number of methoxy groups -OCH3 is 1. The van der Waals surface area contributed by atoms with E-state index in [0.717, 1.165) is 24.1 Å². The van der Waals surface area contributed by atoms with E-state index in [1.54, 1.807) is 30.3 Å². The molecule has 1 saturated heterocycles. The van der Waals surface area contributed by atoms with Gasteiger partial charge in [-0.1, -0.05) is 0 Å². The first-order chi connectivity index (χ1) is 15.2. The van der Waals surface area contributed by atoms with Gasteiger partial charge in [0.15, 0.2) is 0 Å². The predicted molar refractivity (Wildman–Crippen MR) is 114 cm³/mol. The smallest absolute Gasteiger partial charge is 0.227 e. The fourth-order valence-corrected chi connectivity index (χ4v) is 3.30. The Balaban J connectivity index is 1.49. The lowest BCUT2D eigenvalue weighted by Gasteiger charge is -2.23. The Hall–Kier alpha value is -3.48. The molecule has 3 heterocycles. The molecule has 160 valence electrons. The minimum atomic E-state index is 0.0753. The maximum atomic E-state index is 9.61. The van der Waals surface area contributed by atoms with E-state index in [2.05, 4.69) is 26.5 Å². The zero-order chi connectivity index (χ0) is 21.5. The monoisotopic (exact) mass is 420 g/mol. The Morgan fingerprint density at radius 3 is 2.97 bits per heavy atom.